The van der Waals surface area contributed by atoms with Crippen molar-refractivity contribution in [1.29, 1.82) is 0 Å². The SMILES string of the molecule is c1ccc(Oc2cccc(CN3CCN4CCCC4C3C3CCCCC3)c2)cc1. The normalized spacial score (nSPS) is 26.3. The van der Waals surface area contributed by atoms with E-state index < -0.39 is 0 Å². The predicted octanol–water partition coefficient (Wildman–Crippen LogP) is 5.71. The summed E-state index contributed by atoms with van der Waals surface area (Å²) in [6.07, 6.45) is 9.96. The van der Waals surface area contributed by atoms with Crippen LogP contribution in [0.5, 0.6) is 11.5 Å². The first-order valence-corrected chi connectivity index (χ1v) is 11.7. The average molecular weight is 391 g/mol. The number of hydrogen-bond donors (Lipinski definition) is 0. The van der Waals surface area contributed by atoms with Gasteiger partial charge in [-0.15, -0.1) is 0 Å². The minimum absolute atomic E-state index is 0.741. The molecule has 2 heterocycles. The van der Waals surface area contributed by atoms with Crippen LogP contribution in [-0.4, -0.2) is 41.5 Å². The molecule has 0 aromatic heterocycles. The zero-order valence-electron chi connectivity index (χ0n) is 17.5. The van der Waals surface area contributed by atoms with Crippen LogP contribution >= 0.6 is 0 Å². The predicted molar refractivity (Wildman–Crippen MR) is 118 cm³/mol. The highest BCUT2D eigenvalue weighted by Crippen LogP contribution is 2.38. The molecule has 2 saturated heterocycles. The van der Waals surface area contributed by atoms with Crippen molar-refractivity contribution in [2.24, 2.45) is 5.92 Å². The molecule has 2 aromatic carbocycles. The van der Waals surface area contributed by atoms with Crippen LogP contribution in [0.2, 0.25) is 0 Å². The summed E-state index contributed by atoms with van der Waals surface area (Å²) < 4.78 is 6.09. The highest BCUT2D eigenvalue weighted by Gasteiger charge is 2.42. The molecule has 0 spiro atoms. The van der Waals surface area contributed by atoms with Gasteiger partial charge < -0.3 is 4.74 Å². The summed E-state index contributed by atoms with van der Waals surface area (Å²) in [7, 11) is 0. The van der Waals surface area contributed by atoms with E-state index in [-0.39, 0.29) is 0 Å². The standard InChI is InChI=1S/C26H34N2O/c1-3-10-22(11-4-1)26-25-15-8-16-27(25)17-18-28(26)20-21-9-7-14-24(19-21)29-23-12-5-2-6-13-23/h2,5-7,9,12-14,19,22,25-26H,1,3-4,8,10-11,15-18,20H2. The van der Waals surface area contributed by atoms with Gasteiger partial charge >= 0.3 is 0 Å². The zero-order chi connectivity index (χ0) is 19.5. The number of nitrogens with zero attached hydrogens (tertiary/aromatic N) is 2. The summed E-state index contributed by atoms with van der Waals surface area (Å²) in [5, 5.41) is 0. The van der Waals surface area contributed by atoms with E-state index in [1.54, 1.807) is 0 Å². The lowest BCUT2D eigenvalue weighted by Crippen LogP contribution is -2.59. The van der Waals surface area contributed by atoms with Crippen LogP contribution in [-0.2, 0) is 6.54 Å². The van der Waals surface area contributed by atoms with Gasteiger partial charge in [0.2, 0.25) is 0 Å². The van der Waals surface area contributed by atoms with E-state index in [4.69, 9.17) is 4.74 Å². The van der Waals surface area contributed by atoms with Crippen molar-refractivity contribution in [1.82, 2.24) is 9.80 Å². The molecule has 2 aliphatic heterocycles. The molecule has 0 amide bonds. The molecule has 29 heavy (non-hydrogen) atoms. The first kappa shape index (κ1) is 19.1. The van der Waals surface area contributed by atoms with Gasteiger partial charge in [-0.3, -0.25) is 9.80 Å². The fourth-order valence-corrected chi connectivity index (χ4v) is 6.00. The van der Waals surface area contributed by atoms with E-state index in [1.807, 2.05) is 30.3 Å². The fraction of sp³-hybridized carbons (Fsp3) is 0.538. The molecule has 2 atom stereocenters. The first-order valence-electron chi connectivity index (χ1n) is 11.7. The van der Waals surface area contributed by atoms with Crippen molar-refractivity contribution in [3.8, 4) is 11.5 Å². The number of rotatable bonds is 5. The Bertz CT molecular complexity index is 786. The number of para-hydroxylation sites is 1. The molecule has 3 heteroatoms. The Balaban J connectivity index is 1.33. The van der Waals surface area contributed by atoms with Gasteiger partial charge in [0.05, 0.1) is 0 Å². The number of hydrogen-bond acceptors (Lipinski definition) is 3. The van der Waals surface area contributed by atoms with E-state index >= 15 is 0 Å². The first-order chi connectivity index (χ1) is 14.4. The lowest BCUT2D eigenvalue weighted by molar-refractivity contribution is -0.00381. The van der Waals surface area contributed by atoms with Crippen molar-refractivity contribution in [3.63, 3.8) is 0 Å². The smallest absolute Gasteiger partial charge is 0.127 e. The topological polar surface area (TPSA) is 15.7 Å². The molecule has 3 nitrogen and oxygen atoms in total. The summed E-state index contributed by atoms with van der Waals surface area (Å²) in [6.45, 7) is 4.83. The summed E-state index contributed by atoms with van der Waals surface area (Å²) in [6, 6.07) is 20.4. The maximum absolute atomic E-state index is 6.09. The van der Waals surface area contributed by atoms with Crippen molar-refractivity contribution in [2.45, 2.75) is 63.6 Å². The Kier molecular flexibility index (Phi) is 5.87. The molecule has 0 bridgehead atoms. The molecule has 0 radical (unpaired) electrons. The summed E-state index contributed by atoms with van der Waals surface area (Å²) >= 11 is 0. The van der Waals surface area contributed by atoms with Gasteiger partial charge in [-0.05, 0) is 68.0 Å². The Hall–Kier alpha value is -1.84. The summed E-state index contributed by atoms with van der Waals surface area (Å²) in [5.74, 6) is 2.74. The molecular formula is C26H34N2O. The van der Waals surface area contributed by atoms with Crippen molar-refractivity contribution >= 4 is 0 Å². The third-order valence-electron chi connectivity index (χ3n) is 7.30. The Morgan fingerprint density at radius 2 is 1.59 bits per heavy atom. The number of fused-ring (bicyclic) bond motifs is 1. The summed E-state index contributed by atoms with van der Waals surface area (Å²) in [5.41, 5.74) is 1.38. The largest absolute Gasteiger partial charge is 0.457 e. The monoisotopic (exact) mass is 390 g/mol. The molecule has 154 valence electrons. The van der Waals surface area contributed by atoms with Crippen LogP contribution in [0.15, 0.2) is 54.6 Å². The van der Waals surface area contributed by atoms with E-state index in [1.165, 1.54) is 70.1 Å². The Labute approximate surface area is 175 Å². The minimum Gasteiger partial charge on any atom is -0.457 e. The van der Waals surface area contributed by atoms with Crippen LogP contribution in [0, 0.1) is 5.92 Å². The van der Waals surface area contributed by atoms with Crippen LogP contribution in [0.4, 0.5) is 0 Å². The second kappa shape index (κ2) is 8.89. The third kappa shape index (κ3) is 4.36. The van der Waals surface area contributed by atoms with Crippen molar-refractivity contribution < 1.29 is 4.74 Å². The van der Waals surface area contributed by atoms with E-state index in [2.05, 4.69) is 34.1 Å². The second-order valence-electron chi connectivity index (χ2n) is 9.17. The van der Waals surface area contributed by atoms with E-state index in [0.29, 0.717) is 0 Å². The second-order valence-corrected chi connectivity index (χ2v) is 9.17. The van der Waals surface area contributed by atoms with Gasteiger partial charge in [-0.1, -0.05) is 49.6 Å². The van der Waals surface area contributed by atoms with Gasteiger partial charge in [0, 0.05) is 31.7 Å². The number of benzene rings is 2. The van der Waals surface area contributed by atoms with Crippen LogP contribution in [0.25, 0.3) is 0 Å². The van der Waals surface area contributed by atoms with Gasteiger partial charge in [0.25, 0.3) is 0 Å². The van der Waals surface area contributed by atoms with Crippen LogP contribution < -0.4 is 4.74 Å². The molecule has 0 N–H and O–H groups in total. The molecule has 1 saturated carbocycles. The lowest BCUT2D eigenvalue weighted by atomic mass is 9.78. The average Bonchev–Trinajstić information content (AvgIpc) is 3.24. The van der Waals surface area contributed by atoms with Crippen molar-refractivity contribution in [3.05, 3.63) is 60.2 Å². The molecule has 3 fully saturated rings. The molecular weight excluding hydrogens is 356 g/mol. The maximum atomic E-state index is 6.09. The maximum Gasteiger partial charge on any atom is 0.127 e. The van der Waals surface area contributed by atoms with Gasteiger partial charge in [0.1, 0.15) is 11.5 Å². The quantitative estimate of drug-likeness (QED) is 0.650. The van der Waals surface area contributed by atoms with E-state index in [9.17, 15) is 0 Å². The molecule has 2 aromatic rings. The number of piperazine rings is 1. The highest BCUT2D eigenvalue weighted by molar-refractivity contribution is 5.34. The van der Waals surface area contributed by atoms with E-state index in [0.717, 1.165) is 36.0 Å². The fourth-order valence-electron chi connectivity index (χ4n) is 6.00. The zero-order valence-corrected chi connectivity index (χ0v) is 17.5. The van der Waals surface area contributed by atoms with Crippen molar-refractivity contribution in [2.75, 3.05) is 19.6 Å². The lowest BCUT2D eigenvalue weighted by Gasteiger charge is -2.49. The highest BCUT2D eigenvalue weighted by atomic mass is 16.5. The molecule has 2 unspecified atom stereocenters. The third-order valence-corrected chi connectivity index (χ3v) is 7.30. The van der Waals surface area contributed by atoms with Crippen LogP contribution in [0.3, 0.4) is 0 Å². The molecule has 5 rings (SSSR count). The summed E-state index contributed by atoms with van der Waals surface area (Å²) in [4.78, 5) is 5.62. The van der Waals surface area contributed by atoms with Crippen LogP contribution in [0.1, 0.15) is 50.5 Å². The Morgan fingerprint density at radius 1 is 0.759 bits per heavy atom. The molecule has 3 aliphatic rings. The molecule has 1 aliphatic carbocycles. The minimum atomic E-state index is 0.741. The van der Waals surface area contributed by atoms with Gasteiger partial charge in [0.15, 0.2) is 0 Å². The number of ether oxygens (including phenoxy) is 1. The van der Waals surface area contributed by atoms with Gasteiger partial charge in [-0.25, -0.2) is 0 Å². The Morgan fingerprint density at radius 3 is 2.45 bits per heavy atom. The van der Waals surface area contributed by atoms with Gasteiger partial charge in [-0.2, -0.15) is 0 Å².